The molecule has 4 heteroatoms. The molecule has 138 valence electrons. The van der Waals surface area contributed by atoms with Crippen LogP contribution in [0.25, 0.3) is 11.3 Å². The molecule has 0 aliphatic carbocycles. The van der Waals surface area contributed by atoms with Gasteiger partial charge in [0.25, 0.3) is 0 Å². The molecule has 1 amide bonds. The highest BCUT2D eigenvalue weighted by Crippen LogP contribution is 2.26. The number of carbonyl (C=O) groups excluding carboxylic acids is 2. The van der Waals surface area contributed by atoms with Crippen molar-refractivity contribution in [3.63, 3.8) is 0 Å². The minimum Gasteiger partial charge on any atom is -0.348 e. The van der Waals surface area contributed by atoms with Gasteiger partial charge in [0.2, 0.25) is 5.91 Å². The highest BCUT2D eigenvalue weighted by atomic mass is 16.2. The van der Waals surface area contributed by atoms with Crippen LogP contribution in [0.15, 0.2) is 66.7 Å². The maximum absolute atomic E-state index is 12.7. The van der Waals surface area contributed by atoms with E-state index in [-0.39, 0.29) is 24.3 Å². The van der Waals surface area contributed by atoms with Crippen molar-refractivity contribution in [3.8, 4) is 11.3 Å². The Morgan fingerprint density at radius 3 is 2.19 bits per heavy atom. The van der Waals surface area contributed by atoms with Crippen LogP contribution in [-0.4, -0.2) is 16.3 Å². The van der Waals surface area contributed by atoms with Gasteiger partial charge in [0, 0.05) is 17.0 Å². The topological polar surface area (TPSA) is 51.1 Å². The predicted molar refractivity (Wildman–Crippen MR) is 108 cm³/mol. The van der Waals surface area contributed by atoms with E-state index in [1.165, 1.54) is 0 Å². The average molecular weight is 360 g/mol. The molecule has 4 nitrogen and oxygen atoms in total. The first-order chi connectivity index (χ1) is 13.0. The lowest BCUT2D eigenvalue weighted by molar-refractivity contribution is -0.122. The number of aromatic nitrogens is 1. The van der Waals surface area contributed by atoms with Gasteiger partial charge in [-0.05, 0) is 38.0 Å². The fourth-order valence-corrected chi connectivity index (χ4v) is 3.31. The van der Waals surface area contributed by atoms with Gasteiger partial charge in [-0.25, -0.2) is 0 Å². The molecule has 3 aromatic rings. The summed E-state index contributed by atoms with van der Waals surface area (Å²) in [6.45, 7) is 5.57. The third kappa shape index (κ3) is 4.17. The molecule has 1 N–H and O–H groups in total. The summed E-state index contributed by atoms with van der Waals surface area (Å²) in [5, 5.41) is 3.04. The Bertz CT molecular complexity index is 943. The number of hydrogen-bond acceptors (Lipinski definition) is 2. The van der Waals surface area contributed by atoms with Gasteiger partial charge in [-0.3, -0.25) is 9.59 Å². The Morgan fingerprint density at radius 1 is 1.00 bits per heavy atom. The van der Waals surface area contributed by atoms with Crippen LogP contribution in [0.1, 0.15) is 41.5 Å². The lowest BCUT2D eigenvalue weighted by atomic mass is 10.1. The third-order valence-electron chi connectivity index (χ3n) is 4.79. The van der Waals surface area contributed by atoms with E-state index in [4.69, 9.17) is 0 Å². The molecule has 1 heterocycles. The Labute approximate surface area is 159 Å². The number of amides is 1. The second-order valence-corrected chi connectivity index (χ2v) is 6.74. The SMILES string of the molecule is CC(=O)c1cc(-c2ccccc2)n(CC(=O)N[C@H](C)c2ccccc2)c1C. The number of benzene rings is 2. The molecule has 0 saturated heterocycles. The first-order valence-corrected chi connectivity index (χ1v) is 9.08. The summed E-state index contributed by atoms with van der Waals surface area (Å²) >= 11 is 0. The molecule has 2 aromatic carbocycles. The second-order valence-electron chi connectivity index (χ2n) is 6.74. The number of ketones is 1. The van der Waals surface area contributed by atoms with Crippen LogP contribution in [0.5, 0.6) is 0 Å². The number of hydrogen-bond donors (Lipinski definition) is 1. The molecule has 0 aliphatic rings. The van der Waals surface area contributed by atoms with Crippen molar-refractivity contribution in [3.05, 3.63) is 83.6 Å². The van der Waals surface area contributed by atoms with Gasteiger partial charge in [-0.2, -0.15) is 0 Å². The summed E-state index contributed by atoms with van der Waals surface area (Å²) < 4.78 is 1.92. The van der Waals surface area contributed by atoms with Gasteiger partial charge >= 0.3 is 0 Å². The Morgan fingerprint density at radius 2 is 1.59 bits per heavy atom. The number of nitrogens with zero attached hydrogens (tertiary/aromatic N) is 1. The number of carbonyl (C=O) groups is 2. The maximum atomic E-state index is 12.7. The zero-order chi connectivity index (χ0) is 19.4. The van der Waals surface area contributed by atoms with E-state index >= 15 is 0 Å². The maximum Gasteiger partial charge on any atom is 0.240 e. The molecule has 27 heavy (non-hydrogen) atoms. The molecule has 0 radical (unpaired) electrons. The highest BCUT2D eigenvalue weighted by Gasteiger charge is 2.19. The summed E-state index contributed by atoms with van der Waals surface area (Å²) in [6.07, 6.45) is 0. The molecule has 0 saturated carbocycles. The van der Waals surface area contributed by atoms with Crippen LogP contribution in [0, 0.1) is 6.92 Å². The van der Waals surface area contributed by atoms with Crippen molar-refractivity contribution in [2.75, 3.05) is 0 Å². The fourth-order valence-electron chi connectivity index (χ4n) is 3.31. The molecule has 0 spiro atoms. The average Bonchev–Trinajstić information content (AvgIpc) is 3.00. The van der Waals surface area contributed by atoms with E-state index in [9.17, 15) is 9.59 Å². The number of Topliss-reactive ketones (excluding diaryl/α,β-unsaturated/α-hetero) is 1. The Balaban J connectivity index is 1.87. The summed E-state index contributed by atoms with van der Waals surface area (Å²) in [5.74, 6) is -0.0844. The molecule has 0 bridgehead atoms. The smallest absolute Gasteiger partial charge is 0.240 e. The van der Waals surface area contributed by atoms with Gasteiger partial charge < -0.3 is 9.88 Å². The molecular weight excluding hydrogens is 336 g/mol. The Hall–Kier alpha value is -3.14. The van der Waals surface area contributed by atoms with E-state index in [1.54, 1.807) is 6.92 Å². The minimum absolute atomic E-state index is 0.00138. The first kappa shape index (κ1) is 18.6. The van der Waals surface area contributed by atoms with E-state index < -0.39 is 0 Å². The van der Waals surface area contributed by atoms with Crippen molar-refractivity contribution in [1.82, 2.24) is 9.88 Å². The van der Waals surface area contributed by atoms with Gasteiger partial charge in [-0.1, -0.05) is 60.7 Å². The van der Waals surface area contributed by atoms with Crippen molar-refractivity contribution in [2.45, 2.75) is 33.4 Å². The van der Waals surface area contributed by atoms with E-state index in [0.29, 0.717) is 5.56 Å². The quantitative estimate of drug-likeness (QED) is 0.656. The molecule has 0 fully saturated rings. The molecule has 1 aromatic heterocycles. The van der Waals surface area contributed by atoms with Gasteiger partial charge in [0.15, 0.2) is 5.78 Å². The van der Waals surface area contributed by atoms with Crippen molar-refractivity contribution in [2.24, 2.45) is 0 Å². The highest BCUT2D eigenvalue weighted by molar-refractivity contribution is 5.97. The molecule has 0 unspecified atom stereocenters. The molecule has 3 rings (SSSR count). The standard InChI is InChI=1S/C23H24N2O2/c1-16(19-10-6-4-7-11-19)24-23(27)15-25-17(2)21(18(3)26)14-22(25)20-12-8-5-9-13-20/h4-14,16H,15H2,1-3H3,(H,24,27)/t16-/m1/s1. The van der Waals surface area contributed by atoms with Crippen LogP contribution in [-0.2, 0) is 11.3 Å². The van der Waals surface area contributed by atoms with E-state index in [1.807, 2.05) is 85.1 Å². The van der Waals surface area contributed by atoms with Crippen LogP contribution >= 0.6 is 0 Å². The largest absolute Gasteiger partial charge is 0.348 e. The first-order valence-electron chi connectivity index (χ1n) is 9.08. The van der Waals surface area contributed by atoms with Gasteiger partial charge in [0.05, 0.1) is 6.04 Å². The Kier molecular flexibility index (Phi) is 5.55. The summed E-state index contributed by atoms with van der Waals surface area (Å²) in [4.78, 5) is 24.7. The van der Waals surface area contributed by atoms with Crippen molar-refractivity contribution >= 4 is 11.7 Å². The summed E-state index contributed by atoms with van der Waals surface area (Å²) in [5.41, 5.74) is 4.38. The zero-order valence-electron chi connectivity index (χ0n) is 15.9. The lowest BCUT2D eigenvalue weighted by Crippen LogP contribution is -2.30. The van der Waals surface area contributed by atoms with Crippen molar-refractivity contribution < 1.29 is 9.59 Å². The predicted octanol–water partition coefficient (Wildman–Crippen LogP) is 4.54. The van der Waals surface area contributed by atoms with Crippen molar-refractivity contribution in [1.29, 1.82) is 0 Å². The third-order valence-corrected chi connectivity index (χ3v) is 4.79. The van der Waals surface area contributed by atoms with Crippen LogP contribution in [0.3, 0.4) is 0 Å². The number of nitrogens with one attached hydrogen (secondary N) is 1. The van der Waals surface area contributed by atoms with Crippen LogP contribution < -0.4 is 5.32 Å². The molecular formula is C23H24N2O2. The normalized spacial score (nSPS) is 11.8. The molecule has 1 atom stereocenters. The summed E-state index contributed by atoms with van der Waals surface area (Å²) in [7, 11) is 0. The number of rotatable bonds is 6. The minimum atomic E-state index is -0.0858. The fraction of sp³-hybridized carbons (Fsp3) is 0.217. The van der Waals surface area contributed by atoms with Gasteiger partial charge in [0.1, 0.15) is 6.54 Å². The molecule has 0 aliphatic heterocycles. The van der Waals surface area contributed by atoms with Gasteiger partial charge in [-0.15, -0.1) is 0 Å². The summed E-state index contributed by atoms with van der Waals surface area (Å²) in [6, 6.07) is 21.5. The second kappa shape index (κ2) is 8.04. The van der Waals surface area contributed by atoms with Crippen LogP contribution in [0.2, 0.25) is 0 Å². The van der Waals surface area contributed by atoms with E-state index in [0.717, 1.165) is 22.5 Å². The lowest BCUT2D eigenvalue weighted by Gasteiger charge is -2.17. The van der Waals surface area contributed by atoms with E-state index in [2.05, 4.69) is 5.32 Å². The zero-order valence-corrected chi connectivity index (χ0v) is 15.9. The monoisotopic (exact) mass is 360 g/mol. The van der Waals surface area contributed by atoms with Crippen LogP contribution in [0.4, 0.5) is 0 Å².